The maximum Gasteiger partial charge on any atom is 0.266 e. The first kappa shape index (κ1) is 15.8. The second-order valence-corrected chi connectivity index (χ2v) is 7.03. The maximum absolute atomic E-state index is 12.7. The lowest BCUT2D eigenvalue weighted by molar-refractivity contribution is 0.0318. The summed E-state index contributed by atoms with van der Waals surface area (Å²) in [5.74, 6) is -0.115. The van der Waals surface area contributed by atoms with Crippen LogP contribution in [0.2, 0.25) is 0 Å². The van der Waals surface area contributed by atoms with Gasteiger partial charge < -0.3 is 15.7 Å². The number of benzene rings is 1. The van der Waals surface area contributed by atoms with Crippen LogP contribution in [-0.4, -0.2) is 34.6 Å². The van der Waals surface area contributed by atoms with Gasteiger partial charge in [0.25, 0.3) is 5.91 Å². The molecular formula is C16H22N2O2S. The van der Waals surface area contributed by atoms with Crippen LogP contribution in [0.4, 0.5) is 5.69 Å². The zero-order chi connectivity index (χ0) is 15.8. The Morgan fingerprint density at radius 1 is 1.43 bits per heavy atom. The van der Waals surface area contributed by atoms with Crippen LogP contribution in [0.15, 0.2) is 18.2 Å². The molecule has 0 aliphatic heterocycles. The van der Waals surface area contributed by atoms with Crippen molar-refractivity contribution in [2.45, 2.75) is 33.3 Å². The van der Waals surface area contributed by atoms with Crippen molar-refractivity contribution in [2.75, 3.05) is 18.8 Å². The monoisotopic (exact) mass is 306 g/mol. The molecule has 0 unspecified atom stereocenters. The Labute approximate surface area is 129 Å². The Morgan fingerprint density at radius 2 is 2.10 bits per heavy atom. The molecule has 0 fully saturated rings. The van der Waals surface area contributed by atoms with E-state index < -0.39 is 5.60 Å². The number of hydrogen-bond donors (Lipinski definition) is 2. The Kier molecular flexibility index (Phi) is 4.25. The molecule has 4 nitrogen and oxygen atoms in total. The van der Waals surface area contributed by atoms with Crippen LogP contribution in [-0.2, 0) is 0 Å². The molecule has 0 radical (unpaired) electrons. The molecule has 0 bridgehead atoms. The van der Waals surface area contributed by atoms with Gasteiger partial charge in [0.2, 0.25) is 0 Å². The van der Waals surface area contributed by atoms with Gasteiger partial charge in [-0.15, -0.1) is 11.3 Å². The number of thiophene rings is 1. The molecule has 21 heavy (non-hydrogen) atoms. The molecule has 0 saturated carbocycles. The second-order valence-electron chi connectivity index (χ2n) is 5.98. The van der Waals surface area contributed by atoms with Gasteiger partial charge in [-0.2, -0.15) is 0 Å². The quantitative estimate of drug-likeness (QED) is 0.912. The number of amides is 1. The van der Waals surface area contributed by atoms with Gasteiger partial charge in [0, 0.05) is 23.2 Å². The lowest BCUT2D eigenvalue weighted by Crippen LogP contribution is -2.42. The molecule has 1 heterocycles. The van der Waals surface area contributed by atoms with Crippen molar-refractivity contribution < 1.29 is 9.90 Å². The molecule has 0 aliphatic carbocycles. The van der Waals surface area contributed by atoms with Crippen LogP contribution < -0.4 is 5.73 Å². The van der Waals surface area contributed by atoms with Crippen molar-refractivity contribution >= 4 is 33.0 Å². The Bertz CT molecular complexity index is 671. The predicted octanol–water partition coefficient (Wildman–Crippen LogP) is 3.02. The molecule has 2 rings (SSSR count). The molecular weight excluding hydrogens is 284 g/mol. The summed E-state index contributed by atoms with van der Waals surface area (Å²) in [5, 5.41) is 10.9. The molecule has 0 saturated heterocycles. The van der Waals surface area contributed by atoms with Gasteiger partial charge >= 0.3 is 0 Å². The van der Waals surface area contributed by atoms with E-state index in [2.05, 4.69) is 0 Å². The molecule has 5 heteroatoms. The minimum absolute atomic E-state index is 0.115. The average molecular weight is 306 g/mol. The fraction of sp³-hybridized carbons (Fsp3) is 0.438. The molecule has 0 atom stereocenters. The third kappa shape index (κ3) is 3.36. The maximum atomic E-state index is 12.7. The highest BCUT2D eigenvalue weighted by Crippen LogP contribution is 2.35. The number of fused-ring (bicyclic) bond motifs is 1. The van der Waals surface area contributed by atoms with Gasteiger partial charge in [-0.1, -0.05) is 12.1 Å². The third-order valence-electron chi connectivity index (χ3n) is 3.32. The minimum atomic E-state index is -0.923. The zero-order valence-corrected chi connectivity index (χ0v) is 13.8. The summed E-state index contributed by atoms with van der Waals surface area (Å²) in [7, 11) is 0. The number of carbonyl (C=O) groups excluding carboxylic acids is 1. The van der Waals surface area contributed by atoms with Crippen LogP contribution in [0.3, 0.4) is 0 Å². The van der Waals surface area contributed by atoms with Gasteiger partial charge in [-0.25, -0.2) is 0 Å². The summed E-state index contributed by atoms with van der Waals surface area (Å²) in [6, 6.07) is 5.99. The topological polar surface area (TPSA) is 66.6 Å². The number of nitrogens with two attached hydrogens (primary N) is 1. The van der Waals surface area contributed by atoms with E-state index in [4.69, 9.17) is 5.73 Å². The highest BCUT2D eigenvalue weighted by molar-refractivity contribution is 7.21. The van der Waals surface area contributed by atoms with Crippen LogP contribution in [0.5, 0.6) is 0 Å². The summed E-state index contributed by atoms with van der Waals surface area (Å²) < 4.78 is 1.02. The van der Waals surface area contributed by atoms with Crippen LogP contribution >= 0.6 is 11.3 Å². The summed E-state index contributed by atoms with van der Waals surface area (Å²) in [4.78, 5) is 14.9. The summed E-state index contributed by atoms with van der Waals surface area (Å²) >= 11 is 1.42. The highest BCUT2D eigenvalue weighted by Gasteiger charge is 2.25. The molecule has 1 aromatic carbocycles. The highest BCUT2D eigenvalue weighted by atomic mass is 32.1. The van der Waals surface area contributed by atoms with Gasteiger partial charge in [0.05, 0.1) is 11.3 Å². The van der Waals surface area contributed by atoms with Crippen LogP contribution in [0.25, 0.3) is 10.1 Å². The number of rotatable bonds is 4. The molecule has 0 aliphatic rings. The van der Waals surface area contributed by atoms with E-state index in [0.29, 0.717) is 17.1 Å². The van der Waals surface area contributed by atoms with Gasteiger partial charge in [-0.05, 0) is 39.3 Å². The van der Waals surface area contributed by atoms with E-state index in [1.54, 1.807) is 18.7 Å². The zero-order valence-electron chi connectivity index (χ0n) is 12.9. The van der Waals surface area contributed by atoms with Crippen molar-refractivity contribution in [1.82, 2.24) is 4.90 Å². The molecule has 1 aromatic heterocycles. The van der Waals surface area contributed by atoms with Crippen molar-refractivity contribution in [3.63, 3.8) is 0 Å². The van der Waals surface area contributed by atoms with Crippen LogP contribution in [0.1, 0.15) is 36.0 Å². The smallest absolute Gasteiger partial charge is 0.266 e. The second kappa shape index (κ2) is 5.66. The Balaban J connectivity index is 2.40. The molecule has 3 N–H and O–H groups in total. The largest absolute Gasteiger partial charge is 0.397 e. The van der Waals surface area contributed by atoms with Crippen molar-refractivity contribution in [1.29, 1.82) is 0 Å². The predicted molar refractivity (Wildman–Crippen MR) is 88.8 cm³/mol. The number of nitrogen functional groups attached to an aromatic ring is 1. The number of carbonyl (C=O) groups is 1. The van der Waals surface area contributed by atoms with E-state index in [0.717, 1.165) is 15.6 Å². The van der Waals surface area contributed by atoms with E-state index in [1.807, 2.05) is 32.0 Å². The Hall–Kier alpha value is -1.59. The summed E-state index contributed by atoms with van der Waals surface area (Å²) in [6.07, 6.45) is 0. The summed E-state index contributed by atoms with van der Waals surface area (Å²) in [6.45, 7) is 8.13. The number of likely N-dealkylation sites (N-methyl/N-ethyl adjacent to an activating group) is 1. The van der Waals surface area contributed by atoms with Gasteiger partial charge in [0.15, 0.2) is 0 Å². The SMILES string of the molecule is CCN(CC(C)(C)O)C(=O)c1sc2cc(C)ccc2c1N. The summed E-state index contributed by atoms with van der Waals surface area (Å²) in [5.41, 5.74) is 6.91. The first-order chi connectivity index (χ1) is 9.73. The molecule has 114 valence electrons. The molecule has 0 spiro atoms. The van der Waals surface area contributed by atoms with E-state index >= 15 is 0 Å². The number of hydrogen-bond acceptors (Lipinski definition) is 4. The van der Waals surface area contributed by atoms with Gasteiger partial charge in [0.1, 0.15) is 4.88 Å². The van der Waals surface area contributed by atoms with E-state index in [9.17, 15) is 9.90 Å². The standard InChI is InChI=1S/C16H22N2O2S/c1-5-18(9-16(3,4)20)15(19)14-13(17)11-7-6-10(2)8-12(11)21-14/h6-8,20H,5,9,17H2,1-4H3. The van der Waals surface area contributed by atoms with Crippen molar-refractivity contribution in [2.24, 2.45) is 0 Å². The molecule has 2 aromatic rings. The molecule has 1 amide bonds. The lowest BCUT2D eigenvalue weighted by atomic mass is 10.1. The third-order valence-corrected chi connectivity index (χ3v) is 4.48. The number of aryl methyl sites for hydroxylation is 1. The first-order valence-electron chi connectivity index (χ1n) is 7.03. The fourth-order valence-corrected chi connectivity index (χ4v) is 3.51. The van der Waals surface area contributed by atoms with Crippen LogP contribution in [0, 0.1) is 6.92 Å². The Morgan fingerprint density at radius 3 is 2.67 bits per heavy atom. The number of aliphatic hydroxyl groups is 1. The average Bonchev–Trinajstić information content (AvgIpc) is 2.71. The minimum Gasteiger partial charge on any atom is -0.397 e. The first-order valence-corrected chi connectivity index (χ1v) is 7.85. The fourth-order valence-electron chi connectivity index (χ4n) is 2.32. The van der Waals surface area contributed by atoms with Crippen molar-refractivity contribution in [3.8, 4) is 0 Å². The van der Waals surface area contributed by atoms with E-state index in [-0.39, 0.29) is 12.5 Å². The normalized spacial score (nSPS) is 11.9. The van der Waals surface area contributed by atoms with Crippen molar-refractivity contribution in [3.05, 3.63) is 28.6 Å². The number of nitrogens with zero attached hydrogens (tertiary/aromatic N) is 1. The lowest BCUT2D eigenvalue weighted by Gasteiger charge is -2.27. The number of anilines is 1. The van der Waals surface area contributed by atoms with Gasteiger partial charge in [-0.3, -0.25) is 4.79 Å². The van der Waals surface area contributed by atoms with E-state index in [1.165, 1.54) is 11.3 Å².